The summed E-state index contributed by atoms with van der Waals surface area (Å²) < 4.78 is 1.70. The van der Waals surface area contributed by atoms with Crippen molar-refractivity contribution in [2.75, 3.05) is 18.0 Å². The van der Waals surface area contributed by atoms with E-state index in [4.69, 9.17) is 0 Å². The molecular formula is C12H18BrN3O. The normalized spacial score (nSPS) is 25.0. The predicted molar refractivity (Wildman–Crippen MR) is 72.9 cm³/mol. The first kappa shape index (κ1) is 12.6. The number of aryl methyl sites for hydroxylation is 1. The molecule has 0 spiro atoms. The molecular weight excluding hydrogens is 282 g/mol. The Morgan fingerprint density at radius 2 is 2.35 bits per heavy atom. The maximum Gasteiger partial charge on any atom is 0.293 e. The number of nitrogens with zero attached hydrogens (tertiary/aromatic N) is 3. The van der Waals surface area contributed by atoms with Gasteiger partial charge in [-0.2, -0.15) is 0 Å². The molecule has 0 radical (unpaired) electrons. The molecule has 0 bridgehead atoms. The van der Waals surface area contributed by atoms with Gasteiger partial charge in [-0.05, 0) is 19.3 Å². The van der Waals surface area contributed by atoms with Crippen molar-refractivity contribution in [3.63, 3.8) is 0 Å². The van der Waals surface area contributed by atoms with E-state index in [1.165, 1.54) is 0 Å². The zero-order chi connectivity index (χ0) is 12.4. The Morgan fingerprint density at radius 3 is 3.00 bits per heavy atom. The van der Waals surface area contributed by atoms with Gasteiger partial charge in [-0.1, -0.05) is 22.9 Å². The molecule has 2 heterocycles. The first-order valence-corrected chi connectivity index (χ1v) is 6.99. The Morgan fingerprint density at radius 1 is 1.59 bits per heavy atom. The predicted octanol–water partition coefficient (Wildman–Crippen LogP) is 1.87. The molecule has 0 aliphatic carbocycles. The monoisotopic (exact) mass is 299 g/mol. The van der Waals surface area contributed by atoms with Crippen LogP contribution >= 0.6 is 15.9 Å². The second kappa shape index (κ2) is 5.21. The number of hydrogen-bond donors (Lipinski definition) is 0. The molecule has 1 aromatic heterocycles. The molecule has 1 aromatic rings. The molecule has 2 unspecified atom stereocenters. The van der Waals surface area contributed by atoms with E-state index < -0.39 is 0 Å². The molecule has 4 nitrogen and oxygen atoms in total. The van der Waals surface area contributed by atoms with Crippen molar-refractivity contribution in [1.82, 2.24) is 9.55 Å². The summed E-state index contributed by atoms with van der Waals surface area (Å²) in [5.41, 5.74) is 0.0234. The average Bonchev–Trinajstić information content (AvgIpc) is 2.33. The van der Waals surface area contributed by atoms with Crippen molar-refractivity contribution < 1.29 is 0 Å². The van der Waals surface area contributed by atoms with Crippen molar-refractivity contribution in [3.05, 3.63) is 22.7 Å². The van der Waals surface area contributed by atoms with Crippen LogP contribution < -0.4 is 10.5 Å². The molecule has 2 atom stereocenters. The van der Waals surface area contributed by atoms with Crippen molar-refractivity contribution in [1.29, 1.82) is 0 Å². The Balaban J connectivity index is 2.26. The molecule has 0 aromatic carbocycles. The summed E-state index contributed by atoms with van der Waals surface area (Å²) in [5.74, 6) is 1.14. The van der Waals surface area contributed by atoms with Crippen LogP contribution in [0.4, 0.5) is 5.82 Å². The van der Waals surface area contributed by atoms with Crippen LogP contribution in [-0.2, 0) is 6.54 Å². The van der Waals surface area contributed by atoms with E-state index >= 15 is 0 Å². The van der Waals surface area contributed by atoms with Crippen LogP contribution in [0.25, 0.3) is 0 Å². The molecule has 0 N–H and O–H groups in total. The molecule has 5 heteroatoms. The van der Waals surface area contributed by atoms with Gasteiger partial charge in [0, 0.05) is 36.9 Å². The Hall–Kier alpha value is -0.840. The van der Waals surface area contributed by atoms with Crippen LogP contribution in [0.2, 0.25) is 0 Å². The van der Waals surface area contributed by atoms with Crippen molar-refractivity contribution in [3.8, 4) is 0 Å². The van der Waals surface area contributed by atoms with E-state index in [-0.39, 0.29) is 5.56 Å². The zero-order valence-corrected chi connectivity index (χ0v) is 11.9. The molecule has 0 amide bonds. The SMILES string of the molecule is CCn1ccnc(N2CCC(Br)C(C)C2)c1=O. The lowest BCUT2D eigenvalue weighted by Crippen LogP contribution is -2.43. The third-order valence-electron chi connectivity index (χ3n) is 3.34. The minimum Gasteiger partial charge on any atom is -0.352 e. The highest BCUT2D eigenvalue weighted by Gasteiger charge is 2.26. The van der Waals surface area contributed by atoms with E-state index in [0.29, 0.717) is 23.1 Å². The second-order valence-electron chi connectivity index (χ2n) is 4.57. The molecule has 1 aliphatic heterocycles. The summed E-state index contributed by atoms with van der Waals surface area (Å²) in [7, 11) is 0. The number of halogens is 1. The van der Waals surface area contributed by atoms with E-state index in [2.05, 4.69) is 32.7 Å². The molecule has 94 valence electrons. The van der Waals surface area contributed by atoms with Crippen molar-refractivity contribution in [2.45, 2.75) is 31.6 Å². The smallest absolute Gasteiger partial charge is 0.293 e. The van der Waals surface area contributed by atoms with Crippen LogP contribution in [0.1, 0.15) is 20.3 Å². The molecule has 17 heavy (non-hydrogen) atoms. The molecule has 2 rings (SSSR count). The number of hydrogen-bond acceptors (Lipinski definition) is 3. The summed E-state index contributed by atoms with van der Waals surface area (Å²) in [4.78, 5) is 19.0. The third-order valence-corrected chi connectivity index (χ3v) is 4.70. The van der Waals surface area contributed by atoms with E-state index in [0.717, 1.165) is 19.5 Å². The van der Waals surface area contributed by atoms with Gasteiger partial charge in [-0.15, -0.1) is 0 Å². The average molecular weight is 300 g/mol. The number of piperidine rings is 1. The van der Waals surface area contributed by atoms with E-state index in [1.807, 2.05) is 6.92 Å². The highest BCUT2D eigenvalue weighted by Crippen LogP contribution is 2.24. The van der Waals surface area contributed by atoms with Gasteiger partial charge >= 0.3 is 0 Å². The zero-order valence-electron chi connectivity index (χ0n) is 10.3. The fraction of sp³-hybridized carbons (Fsp3) is 0.667. The molecule has 0 saturated carbocycles. The van der Waals surface area contributed by atoms with Gasteiger partial charge in [-0.25, -0.2) is 4.98 Å². The quantitative estimate of drug-likeness (QED) is 0.783. The van der Waals surface area contributed by atoms with Crippen molar-refractivity contribution >= 4 is 21.7 Å². The van der Waals surface area contributed by atoms with Gasteiger partial charge in [0.15, 0.2) is 5.82 Å². The van der Waals surface area contributed by atoms with E-state index in [9.17, 15) is 4.79 Å². The summed E-state index contributed by atoms with van der Waals surface area (Å²) in [6.07, 6.45) is 4.51. The highest BCUT2D eigenvalue weighted by molar-refractivity contribution is 9.09. The topological polar surface area (TPSA) is 38.1 Å². The van der Waals surface area contributed by atoms with Gasteiger partial charge in [0.1, 0.15) is 0 Å². The lowest BCUT2D eigenvalue weighted by atomic mass is 10.0. The lowest BCUT2D eigenvalue weighted by molar-refractivity contribution is 0.461. The van der Waals surface area contributed by atoms with Crippen LogP contribution in [0.3, 0.4) is 0 Å². The Bertz CT molecular complexity index is 446. The van der Waals surface area contributed by atoms with Gasteiger partial charge in [0.25, 0.3) is 5.56 Å². The maximum absolute atomic E-state index is 12.1. The van der Waals surface area contributed by atoms with Gasteiger partial charge in [-0.3, -0.25) is 4.79 Å². The fourth-order valence-corrected chi connectivity index (χ4v) is 2.58. The third kappa shape index (κ3) is 2.54. The van der Waals surface area contributed by atoms with Crippen molar-refractivity contribution in [2.24, 2.45) is 5.92 Å². The number of alkyl halides is 1. The maximum atomic E-state index is 12.1. The van der Waals surface area contributed by atoms with E-state index in [1.54, 1.807) is 17.0 Å². The first-order chi connectivity index (χ1) is 8.13. The standard InChI is InChI=1S/C12H18BrN3O/c1-3-15-7-5-14-11(12(15)17)16-6-4-10(13)9(2)8-16/h5,7,9-10H,3-4,6,8H2,1-2H3. The lowest BCUT2D eigenvalue weighted by Gasteiger charge is -2.34. The number of rotatable bonds is 2. The van der Waals surface area contributed by atoms with Crippen LogP contribution in [0, 0.1) is 5.92 Å². The number of aromatic nitrogens is 2. The van der Waals surface area contributed by atoms with Crippen LogP contribution in [0.5, 0.6) is 0 Å². The summed E-state index contributed by atoms with van der Waals surface area (Å²) >= 11 is 3.67. The van der Waals surface area contributed by atoms with Crippen LogP contribution in [-0.4, -0.2) is 27.5 Å². The number of anilines is 1. The Labute approximate surface area is 110 Å². The second-order valence-corrected chi connectivity index (χ2v) is 5.75. The summed E-state index contributed by atoms with van der Waals surface area (Å²) in [6, 6.07) is 0. The molecule has 1 saturated heterocycles. The van der Waals surface area contributed by atoms with Gasteiger partial charge < -0.3 is 9.47 Å². The highest BCUT2D eigenvalue weighted by atomic mass is 79.9. The minimum absolute atomic E-state index is 0.0234. The van der Waals surface area contributed by atoms with Gasteiger partial charge in [0.05, 0.1) is 0 Å². The molecule has 1 fully saturated rings. The first-order valence-electron chi connectivity index (χ1n) is 6.08. The Kier molecular flexibility index (Phi) is 3.86. The minimum atomic E-state index is 0.0234. The largest absolute Gasteiger partial charge is 0.352 e. The van der Waals surface area contributed by atoms with Crippen LogP contribution in [0.15, 0.2) is 17.2 Å². The molecule has 1 aliphatic rings. The van der Waals surface area contributed by atoms with Gasteiger partial charge in [0.2, 0.25) is 0 Å². The summed E-state index contributed by atoms with van der Waals surface area (Å²) in [5, 5.41) is 0. The summed E-state index contributed by atoms with van der Waals surface area (Å²) in [6.45, 7) is 6.66. The fourth-order valence-electron chi connectivity index (χ4n) is 2.21.